The number of likely N-dealkylation sites (tertiary alicyclic amines) is 1. The lowest BCUT2D eigenvalue weighted by Gasteiger charge is -2.14. The fourth-order valence-electron chi connectivity index (χ4n) is 5.16. The van der Waals surface area contributed by atoms with Gasteiger partial charge in [-0.15, -0.1) is 0 Å². The van der Waals surface area contributed by atoms with Gasteiger partial charge in [0.15, 0.2) is 5.65 Å². The molecule has 6 rings (SSSR count). The van der Waals surface area contributed by atoms with Gasteiger partial charge in [0, 0.05) is 47.2 Å². The molecule has 1 aliphatic rings. The minimum atomic E-state index is -0.259. The zero-order chi connectivity index (χ0) is 26.1. The van der Waals surface area contributed by atoms with Crippen molar-refractivity contribution >= 4 is 22.4 Å². The summed E-state index contributed by atoms with van der Waals surface area (Å²) in [6.45, 7) is 7.22. The van der Waals surface area contributed by atoms with Crippen molar-refractivity contribution in [2.75, 3.05) is 13.1 Å². The second-order valence-electron chi connectivity index (χ2n) is 9.93. The van der Waals surface area contributed by atoms with Crippen LogP contribution in [-0.2, 0) is 6.54 Å². The van der Waals surface area contributed by atoms with E-state index in [0.29, 0.717) is 5.65 Å². The molecular formula is C31H29FN6. The first-order chi connectivity index (χ1) is 18.5. The third kappa shape index (κ3) is 4.85. The van der Waals surface area contributed by atoms with Crippen molar-refractivity contribution in [2.24, 2.45) is 4.99 Å². The highest BCUT2D eigenvalue weighted by Crippen LogP contribution is 2.34. The lowest BCUT2D eigenvalue weighted by Crippen LogP contribution is -2.18. The number of para-hydroxylation sites is 1. The second kappa shape index (κ2) is 10.3. The average Bonchev–Trinajstić information content (AvgIpc) is 3.60. The van der Waals surface area contributed by atoms with Crippen LogP contribution in [0.25, 0.3) is 33.3 Å². The van der Waals surface area contributed by atoms with Crippen LogP contribution in [0, 0.1) is 12.7 Å². The van der Waals surface area contributed by atoms with Gasteiger partial charge in [0.05, 0.1) is 11.4 Å². The summed E-state index contributed by atoms with van der Waals surface area (Å²) in [5.74, 6) is -0.259. The first kappa shape index (κ1) is 24.1. The monoisotopic (exact) mass is 504 g/mol. The number of rotatable bonds is 6. The summed E-state index contributed by atoms with van der Waals surface area (Å²) >= 11 is 0. The van der Waals surface area contributed by atoms with Crippen LogP contribution in [0.15, 0.2) is 78.2 Å². The molecule has 1 saturated heterocycles. The first-order valence-electron chi connectivity index (χ1n) is 13.0. The van der Waals surface area contributed by atoms with Crippen LogP contribution in [0.5, 0.6) is 0 Å². The van der Waals surface area contributed by atoms with Crippen molar-refractivity contribution in [1.82, 2.24) is 25.1 Å². The Morgan fingerprint density at radius 2 is 1.76 bits per heavy atom. The number of nitrogens with zero attached hydrogens (tertiary/aromatic N) is 5. The predicted octanol–water partition coefficient (Wildman–Crippen LogP) is 6.87. The standard InChI is InChI=1S/C31H29FN6/c1-20-6-5-7-27(23-8-10-26(32)11-9-23)29(20)35-21(2)30-28-15-25(18-34-31(28)37-36-30)24-14-22(16-33-17-24)19-38-12-3-4-13-38/h5-11,14-18H,3-4,12-13,19H2,1-2H3,(H,34,36,37)/b35-21+. The van der Waals surface area contributed by atoms with Gasteiger partial charge in [-0.1, -0.05) is 30.3 Å². The van der Waals surface area contributed by atoms with Gasteiger partial charge >= 0.3 is 0 Å². The maximum Gasteiger partial charge on any atom is 0.155 e. The Hall–Kier alpha value is -4.23. The van der Waals surface area contributed by atoms with Gasteiger partial charge in [-0.05, 0) is 80.7 Å². The zero-order valence-electron chi connectivity index (χ0n) is 21.6. The van der Waals surface area contributed by atoms with Crippen LogP contribution in [0.1, 0.15) is 36.6 Å². The number of hydrogen-bond donors (Lipinski definition) is 1. The molecule has 0 amide bonds. The highest BCUT2D eigenvalue weighted by Gasteiger charge is 2.15. The van der Waals surface area contributed by atoms with E-state index in [-0.39, 0.29) is 5.82 Å². The SMILES string of the molecule is C/C(=N\c1c(C)cccc1-c1ccc(F)cc1)c1n[nH]c2ncc(-c3cncc(CN4CCCC4)c3)cc12. The minimum Gasteiger partial charge on any atom is -0.299 e. The van der Waals surface area contributed by atoms with Crippen molar-refractivity contribution in [1.29, 1.82) is 0 Å². The summed E-state index contributed by atoms with van der Waals surface area (Å²) in [6.07, 6.45) is 8.24. The fourth-order valence-corrected chi connectivity index (χ4v) is 5.16. The highest BCUT2D eigenvalue weighted by molar-refractivity contribution is 6.09. The van der Waals surface area contributed by atoms with Crippen molar-refractivity contribution in [2.45, 2.75) is 33.2 Å². The summed E-state index contributed by atoms with van der Waals surface area (Å²) in [4.78, 5) is 16.7. The van der Waals surface area contributed by atoms with Crippen LogP contribution in [0.2, 0.25) is 0 Å². The predicted molar refractivity (Wildman–Crippen MR) is 150 cm³/mol. The van der Waals surface area contributed by atoms with Gasteiger partial charge in [-0.3, -0.25) is 20.0 Å². The number of pyridine rings is 2. The van der Waals surface area contributed by atoms with E-state index < -0.39 is 0 Å². The molecule has 0 atom stereocenters. The van der Waals surface area contributed by atoms with E-state index in [4.69, 9.17) is 4.99 Å². The van der Waals surface area contributed by atoms with Crippen LogP contribution in [0.3, 0.4) is 0 Å². The molecule has 0 bridgehead atoms. The number of aromatic amines is 1. The molecule has 0 unspecified atom stereocenters. The maximum absolute atomic E-state index is 13.5. The molecular weight excluding hydrogens is 475 g/mol. The van der Waals surface area contributed by atoms with E-state index in [9.17, 15) is 4.39 Å². The fraction of sp³-hybridized carbons (Fsp3) is 0.226. The molecule has 3 aromatic heterocycles. The van der Waals surface area contributed by atoms with Crippen molar-refractivity contribution in [3.63, 3.8) is 0 Å². The maximum atomic E-state index is 13.5. The normalized spacial score (nSPS) is 14.4. The Kier molecular flexibility index (Phi) is 6.52. The molecule has 1 aliphatic heterocycles. The van der Waals surface area contributed by atoms with Crippen molar-refractivity contribution in [3.05, 3.63) is 95.8 Å². The smallest absolute Gasteiger partial charge is 0.155 e. The van der Waals surface area contributed by atoms with Crippen molar-refractivity contribution < 1.29 is 4.39 Å². The summed E-state index contributed by atoms with van der Waals surface area (Å²) in [6, 6.07) is 16.9. The van der Waals surface area contributed by atoms with E-state index >= 15 is 0 Å². The second-order valence-corrected chi connectivity index (χ2v) is 9.93. The lowest BCUT2D eigenvalue weighted by atomic mass is 10.0. The Labute approximate surface area is 221 Å². The van der Waals surface area contributed by atoms with E-state index in [0.717, 1.165) is 69.9 Å². The van der Waals surface area contributed by atoms with E-state index in [1.54, 1.807) is 12.1 Å². The van der Waals surface area contributed by atoms with Crippen LogP contribution in [0.4, 0.5) is 10.1 Å². The van der Waals surface area contributed by atoms with Crippen LogP contribution < -0.4 is 0 Å². The number of H-pyrrole nitrogens is 1. The van der Waals surface area contributed by atoms with Gasteiger partial charge in [0.1, 0.15) is 11.5 Å². The number of aryl methyl sites for hydroxylation is 1. The molecule has 190 valence electrons. The third-order valence-electron chi connectivity index (χ3n) is 7.16. The molecule has 6 nitrogen and oxygen atoms in total. The summed E-state index contributed by atoms with van der Waals surface area (Å²) in [5.41, 5.74) is 9.22. The van der Waals surface area contributed by atoms with E-state index in [1.165, 1.54) is 30.5 Å². The molecule has 0 radical (unpaired) electrons. The quantitative estimate of drug-likeness (QED) is 0.256. The molecule has 1 N–H and O–H groups in total. The largest absolute Gasteiger partial charge is 0.299 e. The number of hydrogen-bond acceptors (Lipinski definition) is 5. The molecule has 0 saturated carbocycles. The van der Waals surface area contributed by atoms with Gasteiger partial charge in [-0.25, -0.2) is 9.37 Å². The Balaban J connectivity index is 1.36. The molecule has 1 fully saturated rings. The van der Waals surface area contributed by atoms with Crippen LogP contribution >= 0.6 is 0 Å². The Morgan fingerprint density at radius 3 is 2.58 bits per heavy atom. The number of nitrogens with one attached hydrogen (secondary N) is 1. The summed E-state index contributed by atoms with van der Waals surface area (Å²) in [5, 5.41) is 8.53. The van der Waals surface area contributed by atoms with Crippen molar-refractivity contribution in [3.8, 4) is 22.3 Å². The molecule has 0 spiro atoms. The number of fused-ring (bicyclic) bond motifs is 1. The third-order valence-corrected chi connectivity index (χ3v) is 7.16. The molecule has 4 heterocycles. The number of aliphatic imine (C=N–C) groups is 1. The Morgan fingerprint density at radius 1 is 0.974 bits per heavy atom. The van der Waals surface area contributed by atoms with E-state index in [1.807, 2.05) is 50.6 Å². The lowest BCUT2D eigenvalue weighted by molar-refractivity contribution is 0.331. The molecule has 2 aromatic carbocycles. The first-order valence-corrected chi connectivity index (χ1v) is 13.0. The topological polar surface area (TPSA) is 70.1 Å². The van der Waals surface area contributed by atoms with E-state index in [2.05, 4.69) is 37.2 Å². The van der Waals surface area contributed by atoms with Crippen LogP contribution in [-0.4, -0.2) is 43.9 Å². The molecule has 7 heteroatoms. The molecule has 5 aromatic rings. The minimum absolute atomic E-state index is 0.259. The summed E-state index contributed by atoms with van der Waals surface area (Å²) in [7, 11) is 0. The van der Waals surface area contributed by atoms with Gasteiger partial charge in [-0.2, -0.15) is 5.10 Å². The molecule has 38 heavy (non-hydrogen) atoms. The van der Waals surface area contributed by atoms with Gasteiger partial charge in [0.25, 0.3) is 0 Å². The number of aromatic nitrogens is 4. The highest BCUT2D eigenvalue weighted by atomic mass is 19.1. The average molecular weight is 505 g/mol. The Bertz CT molecular complexity index is 1630. The van der Waals surface area contributed by atoms with Gasteiger partial charge < -0.3 is 0 Å². The number of benzene rings is 2. The number of halogens is 1. The van der Waals surface area contributed by atoms with Gasteiger partial charge in [0.2, 0.25) is 0 Å². The zero-order valence-corrected chi connectivity index (χ0v) is 21.6. The molecule has 0 aliphatic carbocycles. The summed E-state index contributed by atoms with van der Waals surface area (Å²) < 4.78 is 13.5.